The summed E-state index contributed by atoms with van der Waals surface area (Å²) in [7, 11) is 0. The van der Waals surface area contributed by atoms with Crippen LogP contribution in [-0.2, 0) is 19.1 Å². The van der Waals surface area contributed by atoms with Crippen molar-refractivity contribution in [2.24, 2.45) is 17.8 Å². The average molecular weight is 614 g/mol. The number of aliphatic hydroxyl groups excluding tert-OH is 1. The van der Waals surface area contributed by atoms with Crippen molar-refractivity contribution in [1.82, 2.24) is 4.90 Å². The van der Waals surface area contributed by atoms with E-state index in [1.165, 1.54) is 0 Å². The number of fused-ring (bicyclic) bond motifs is 1. The molecular formula is C37H47N3O5. The molecule has 0 aromatic heterocycles. The van der Waals surface area contributed by atoms with Gasteiger partial charge in [0.05, 0.1) is 30.1 Å². The highest BCUT2D eigenvalue weighted by Crippen LogP contribution is 2.64. The van der Waals surface area contributed by atoms with E-state index in [1.807, 2.05) is 83.1 Å². The summed E-state index contributed by atoms with van der Waals surface area (Å²) in [6.45, 7) is 17.9. The van der Waals surface area contributed by atoms with Crippen molar-refractivity contribution >= 4 is 29.1 Å². The standard InChI is InChI=1S/C37H47N3O5/c1-8-20-38(27-16-11-10-12-17-27)33(42)29-30-34(43)40(28(23-41)22-24(3)4)32(37(30)19-18-36(29,7)45-37)35(44)39(21-9-2)31-25(5)14-13-15-26(31)6/h8-17,24,28-30,32,41H,1-2,18-23H2,3-7H3/t28-,29+,30+,32?,36-,37?/m1/s1. The molecule has 6 atom stereocenters. The second kappa shape index (κ2) is 12.6. The molecule has 0 radical (unpaired) electrons. The maximum absolute atomic E-state index is 15.1. The Morgan fingerprint density at radius 3 is 2.20 bits per heavy atom. The number of ether oxygens (including phenoxy) is 1. The van der Waals surface area contributed by atoms with Crippen molar-refractivity contribution < 1.29 is 24.2 Å². The average Bonchev–Trinajstić information content (AvgIpc) is 3.58. The van der Waals surface area contributed by atoms with Gasteiger partial charge in [-0.1, -0.05) is 62.4 Å². The van der Waals surface area contributed by atoms with E-state index in [0.717, 1.165) is 16.8 Å². The summed E-state index contributed by atoms with van der Waals surface area (Å²) in [5.41, 5.74) is 1.17. The summed E-state index contributed by atoms with van der Waals surface area (Å²) in [6.07, 6.45) is 4.85. The van der Waals surface area contributed by atoms with Crippen molar-refractivity contribution in [3.8, 4) is 0 Å². The van der Waals surface area contributed by atoms with E-state index in [2.05, 4.69) is 13.2 Å². The lowest BCUT2D eigenvalue weighted by Crippen LogP contribution is -2.59. The fourth-order valence-electron chi connectivity index (χ4n) is 8.26. The number of nitrogens with zero attached hydrogens (tertiary/aromatic N) is 3. The van der Waals surface area contributed by atoms with Crippen LogP contribution < -0.4 is 9.80 Å². The first-order chi connectivity index (χ1) is 21.5. The molecule has 1 N–H and O–H groups in total. The highest BCUT2D eigenvalue weighted by Gasteiger charge is 2.79. The molecule has 3 heterocycles. The van der Waals surface area contributed by atoms with Gasteiger partial charge in [0.2, 0.25) is 11.8 Å². The molecule has 8 nitrogen and oxygen atoms in total. The van der Waals surface area contributed by atoms with Gasteiger partial charge in [-0.2, -0.15) is 0 Å². The van der Waals surface area contributed by atoms with Crippen molar-refractivity contribution in [1.29, 1.82) is 0 Å². The van der Waals surface area contributed by atoms with Crippen LogP contribution >= 0.6 is 0 Å². The second-order valence-corrected chi connectivity index (χ2v) is 13.5. The molecule has 1 spiro atoms. The van der Waals surface area contributed by atoms with Gasteiger partial charge in [0.1, 0.15) is 11.6 Å². The minimum Gasteiger partial charge on any atom is -0.394 e. The van der Waals surface area contributed by atoms with Crippen LogP contribution in [-0.4, -0.2) is 70.7 Å². The smallest absolute Gasteiger partial charge is 0.253 e. The summed E-state index contributed by atoms with van der Waals surface area (Å²) in [5.74, 6) is -2.35. The maximum Gasteiger partial charge on any atom is 0.253 e. The zero-order valence-corrected chi connectivity index (χ0v) is 27.2. The van der Waals surface area contributed by atoms with E-state index in [4.69, 9.17) is 4.74 Å². The lowest BCUT2D eigenvalue weighted by molar-refractivity contribution is -0.148. The molecule has 45 heavy (non-hydrogen) atoms. The molecule has 2 bridgehead atoms. The highest BCUT2D eigenvalue weighted by atomic mass is 16.5. The van der Waals surface area contributed by atoms with Gasteiger partial charge in [0.15, 0.2) is 0 Å². The van der Waals surface area contributed by atoms with Crippen LogP contribution in [0.4, 0.5) is 11.4 Å². The number of hydrogen-bond acceptors (Lipinski definition) is 5. The van der Waals surface area contributed by atoms with Gasteiger partial charge >= 0.3 is 0 Å². The molecule has 0 saturated carbocycles. The minimum atomic E-state index is -1.22. The van der Waals surface area contributed by atoms with Gasteiger partial charge in [-0.3, -0.25) is 14.4 Å². The number of likely N-dealkylation sites (tertiary alicyclic amines) is 1. The Morgan fingerprint density at radius 1 is 1.00 bits per heavy atom. The summed E-state index contributed by atoms with van der Waals surface area (Å²) < 4.78 is 6.94. The van der Waals surface area contributed by atoms with Gasteiger partial charge < -0.3 is 24.5 Å². The molecule has 3 saturated heterocycles. The third-order valence-corrected chi connectivity index (χ3v) is 9.99. The lowest BCUT2D eigenvalue weighted by Gasteiger charge is -2.40. The zero-order valence-electron chi connectivity index (χ0n) is 27.2. The number of carbonyl (C=O) groups is 3. The number of amides is 3. The first-order valence-electron chi connectivity index (χ1n) is 16.0. The number of para-hydroxylation sites is 2. The van der Waals surface area contributed by atoms with Gasteiger partial charge in [0.25, 0.3) is 5.91 Å². The van der Waals surface area contributed by atoms with Crippen LogP contribution in [0.2, 0.25) is 0 Å². The summed E-state index contributed by atoms with van der Waals surface area (Å²) in [6, 6.07) is 13.6. The number of aryl methyl sites for hydroxylation is 2. The van der Waals surface area contributed by atoms with Crippen molar-refractivity contribution in [2.45, 2.75) is 77.2 Å². The number of rotatable bonds is 12. The molecule has 0 aliphatic carbocycles. The topological polar surface area (TPSA) is 90.4 Å². The van der Waals surface area contributed by atoms with Crippen LogP contribution in [0.1, 0.15) is 51.2 Å². The maximum atomic E-state index is 15.1. The predicted octanol–water partition coefficient (Wildman–Crippen LogP) is 5.21. The van der Waals surface area contributed by atoms with Gasteiger partial charge in [-0.25, -0.2) is 0 Å². The zero-order chi connectivity index (χ0) is 32.7. The molecule has 2 aromatic carbocycles. The predicted molar refractivity (Wildman–Crippen MR) is 177 cm³/mol. The largest absolute Gasteiger partial charge is 0.394 e. The number of aliphatic hydroxyl groups is 1. The van der Waals surface area contributed by atoms with E-state index in [1.54, 1.807) is 26.9 Å². The van der Waals surface area contributed by atoms with E-state index >= 15 is 4.79 Å². The molecule has 2 unspecified atom stereocenters. The first-order valence-corrected chi connectivity index (χ1v) is 16.0. The van der Waals surface area contributed by atoms with Crippen LogP contribution in [0.15, 0.2) is 73.8 Å². The van der Waals surface area contributed by atoms with Crippen LogP contribution in [0.5, 0.6) is 0 Å². The summed E-state index contributed by atoms with van der Waals surface area (Å²) in [5, 5.41) is 10.7. The molecule has 5 rings (SSSR count). The molecule has 8 heteroatoms. The Kier molecular flexibility index (Phi) is 9.11. The monoisotopic (exact) mass is 613 g/mol. The molecule has 240 valence electrons. The minimum absolute atomic E-state index is 0.153. The van der Waals surface area contributed by atoms with Crippen LogP contribution in [0, 0.1) is 31.6 Å². The molecule has 2 aromatic rings. The van der Waals surface area contributed by atoms with E-state index < -0.39 is 35.1 Å². The number of benzene rings is 2. The van der Waals surface area contributed by atoms with E-state index in [-0.39, 0.29) is 43.3 Å². The quantitative estimate of drug-likeness (QED) is 0.332. The summed E-state index contributed by atoms with van der Waals surface area (Å²) in [4.78, 5) is 49.5. The number of anilines is 2. The molecule has 3 aliphatic rings. The molecule has 3 aliphatic heterocycles. The normalized spacial score (nSPS) is 27.4. The van der Waals surface area contributed by atoms with Crippen molar-refractivity contribution in [2.75, 3.05) is 29.5 Å². The van der Waals surface area contributed by atoms with E-state index in [9.17, 15) is 14.7 Å². The Morgan fingerprint density at radius 2 is 1.62 bits per heavy atom. The third kappa shape index (κ3) is 5.32. The molecule has 3 fully saturated rings. The van der Waals surface area contributed by atoms with Crippen LogP contribution in [0.25, 0.3) is 0 Å². The number of carbonyl (C=O) groups excluding carboxylic acids is 3. The Bertz CT molecular complexity index is 1450. The van der Waals surface area contributed by atoms with Gasteiger partial charge in [0, 0.05) is 24.5 Å². The van der Waals surface area contributed by atoms with E-state index in [0.29, 0.717) is 24.9 Å². The Hall–Kier alpha value is -3.75. The van der Waals surface area contributed by atoms with Gasteiger partial charge in [-0.15, -0.1) is 13.2 Å². The first kappa shape index (κ1) is 32.6. The van der Waals surface area contributed by atoms with Crippen molar-refractivity contribution in [3.63, 3.8) is 0 Å². The Balaban J connectivity index is 1.66. The highest BCUT2D eigenvalue weighted by molar-refractivity contribution is 6.07. The number of hydrogen-bond donors (Lipinski definition) is 1. The van der Waals surface area contributed by atoms with Crippen LogP contribution in [0.3, 0.4) is 0 Å². The SMILES string of the molecule is C=CCN(C(=O)[C@@H]1[C@H]2C(=O)N([C@@H](CO)CC(C)C)C(C(=O)N(CC=C)c3c(C)cccc3C)C23CC[C@@]1(C)O3)c1ccccc1. The molecule has 3 amide bonds. The second-order valence-electron chi connectivity index (χ2n) is 13.5. The van der Waals surface area contributed by atoms with Crippen molar-refractivity contribution in [3.05, 3.63) is 85.0 Å². The summed E-state index contributed by atoms with van der Waals surface area (Å²) >= 11 is 0. The lowest BCUT2D eigenvalue weighted by atomic mass is 9.66. The Labute approximate surface area is 267 Å². The van der Waals surface area contributed by atoms with Gasteiger partial charge in [-0.05, 0) is 69.2 Å². The molecular weight excluding hydrogens is 566 g/mol. The fourth-order valence-corrected chi connectivity index (χ4v) is 8.26. The third-order valence-electron chi connectivity index (χ3n) is 9.99. The fraction of sp³-hybridized carbons (Fsp3) is 0.486.